The van der Waals surface area contributed by atoms with Crippen molar-refractivity contribution in [3.05, 3.63) is 80.6 Å². The fraction of sp³-hybridized carbons (Fsp3) is 0.333. The Morgan fingerprint density at radius 3 is 2.39 bits per heavy atom. The molecule has 8 nitrogen and oxygen atoms in total. The van der Waals surface area contributed by atoms with Gasteiger partial charge in [0.05, 0.1) is 19.1 Å². The lowest BCUT2D eigenvalue weighted by molar-refractivity contribution is 0.416. The SMILES string of the molecule is COc1cc(CCNS(C)(=O)=O)ccc1-c1cc(-n2ccc(=O)[nH]c2=O)cc(C(C)(C)C)c1. The molecule has 2 N–H and O–H groups in total. The van der Waals surface area contributed by atoms with Gasteiger partial charge in [-0.1, -0.05) is 39.0 Å². The molecule has 0 unspecified atom stereocenters. The second-order valence-corrected chi connectivity index (χ2v) is 10.8. The fourth-order valence-electron chi connectivity index (χ4n) is 3.47. The molecule has 0 saturated carbocycles. The van der Waals surface area contributed by atoms with Crippen LogP contribution in [0.1, 0.15) is 31.9 Å². The molecule has 33 heavy (non-hydrogen) atoms. The van der Waals surface area contributed by atoms with Gasteiger partial charge >= 0.3 is 5.69 Å². The molecule has 0 aliphatic carbocycles. The molecule has 0 radical (unpaired) electrons. The Balaban J connectivity index is 2.09. The van der Waals surface area contributed by atoms with Crippen LogP contribution in [0.2, 0.25) is 0 Å². The summed E-state index contributed by atoms with van der Waals surface area (Å²) in [6, 6.07) is 12.9. The lowest BCUT2D eigenvalue weighted by Crippen LogP contribution is -2.27. The van der Waals surface area contributed by atoms with Gasteiger partial charge in [0.1, 0.15) is 5.75 Å². The molecule has 1 heterocycles. The van der Waals surface area contributed by atoms with Crippen molar-refractivity contribution < 1.29 is 13.2 Å². The summed E-state index contributed by atoms with van der Waals surface area (Å²) in [6.45, 7) is 6.54. The van der Waals surface area contributed by atoms with Crippen LogP contribution in [0.25, 0.3) is 16.8 Å². The quantitative estimate of drug-likeness (QED) is 0.550. The van der Waals surface area contributed by atoms with E-state index in [9.17, 15) is 18.0 Å². The second-order valence-electron chi connectivity index (χ2n) is 8.95. The zero-order valence-electron chi connectivity index (χ0n) is 19.4. The first-order chi connectivity index (χ1) is 15.4. The number of hydrogen-bond donors (Lipinski definition) is 2. The third kappa shape index (κ3) is 6.21. The van der Waals surface area contributed by atoms with Crippen molar-refractivity contribution >= 4 is 10.0 Å². The largest absolute Gasteiger partial charge is 0.496 e. The van der Waals surface area contributed by atoms with Crippen LogP contribution in [0.15, 0.2) is 58.3 Å². The number of methoxy groups -OCH3 is 1. The highest BCUT2D eigenvalue weighted by Crippen LogP contribution is 2.35. The topological polar surface area (TPSA) is 110 Å². The zero-order chi connectivity index (χ0) is 24.4. The second kappa shape index (κ2) is 9.36. The van der Waals surface area contributed by atoms with E-state index in [1.165, 1.54) is 16.8 Å². The van der Waals surface area contributed by atoms with E-state index in [1.54, 1.807) is 7.11 Å². The highest BCUT2D eigenvalue weighted by atomic mass is 32.2. The third-order valence-electron chi connectivity index (χ3n) is 5.24. The van der Waals surface area contributed by atoms with Gasteiger partial charge in [0.15, 0.2) is 0 Å². The summed E-state index contributed by atoms with van der Waals surface area (Å²) in [5, 5.41) is 0. The van der Waals surface area contributed by atoms with E-state index in [2.05, 4.69) is 36.5 Å². The molecule has 0 amide bonds. The highest BCUT2D eigenvalue weighted by Gasteiger charge is 2.18. The molecule has 0 bridgehead atoms. The molecule has 0 spiro atoms. The van der Waals surface area contributed by atoms with Crippen LogP contribution in [0.4, 0.5) is 0 Å². The minimum atomic E-state index is -3.25. The average Bonchev–Trinajstić information content (AvgIpc) is 2.71. The number of nitrogens with one attached hydrogen (secondary N) is 2. The summed E-state index contributed by atoms with van der Waals surface area (Å²) in [4.78, 5) is 26.2. The first kappa shape index (κ1) is 24.5. The number of nitrogens with zero attached hydrogens (tertiary/aromatic N) is 1. The van der Waals surface area contributed by atoms with E-state index in [-0.39, 0.29) is 5.41 Å². The predicted molar refractivity (Wildman–Crippen MR) is 130 cm³/mol. The summed E-state index contributed by atoms with van der Waals surface area (Å²) in [6.07, 6.45) is 3.11. The maximum atomic E-state index is 12.4. The molecule has 9 heteroatoms. The lowest BCUT2D eigenvalue weighted by Gasteiger charge is -2.22. The van der Waals surface area contributed by atoms with Crippen molar-refractivity contribution in [1.82, 2.24) is 14.3 Å². The summed E-state index contributed by atoms with van der Waals surface area (Å²) < 4.78 is 32.1. The lowest BCUT2D eigenvalue weighted by atomic mass is 9.84. The van der Waals surface area contributed by atoms with Crippen LogP contribution >= 0.6 is 0 Å². The van der Waals surface area contributed by atoms with Gasteiger partial charge in [0.2, 0.25) is 10.0 Å². The predicted octanol–water partition coefficient (Wildman–Crippen LogP) is 2.59. The van der Waals surface area contributed by atoms with Gasteiger partial charge in [-0.05, 0) is 46.7 Å². The molecule has 0 fully saturated rings. The normalized spacial score (nSPS) is 12.0. The molecule has 2 aromatic carbocycles. The van der Waals surface area contributed by atoms with Crippen LogP contribution < -0.4 is 20.7 Å². The van der Waals surface area contributed by atoms with Gasteiger partial charge in [-0.2, -0.15) is 0 Å². The Bertz CT molecular complexity index is 1380. The minimum Gasteiger partial charge on any atom is -0.496 e. The Morgan fingerprint density at radius 2 is 1.79 bits per heavy atom. The minimum absolute atomic E-state index is 0.193. The van der Waals surface area contributed by atoms with Crippen LogP contribution in [0.5, 0.6) is 5.75 Å². The summed E-state index contributed by atoms with van der Waals surface area (Å²) in [5.74, 6) is 0.637. The van der Waals surface area contributed by atoms with E-state index < -0.39 is 21.3 Å². The monoisotopic (exact) mass is 471 g/mol. The van der Waals surface area contributed by atoms with Crippen molar-refractivity contribution in [2.45, 2.75) is 32.6 Å². The maximum Gasteiger partial charge on any atom is 0.332 e. The zero-order valence-corrected chi connectivity index (χ0v) is 20.2. The molecule has 3 aromatic rings. The number of rotatable bonds is 7. The van der Waals surface area contributed by atoms with Crippen molar-refractivity contribution in [2.24, 2.45) is 0 Å². The van der Waals surface area contributed by atoms with Crippen LogP contribution in [0.3, 0.4) is 0 Å². The van der Waals surface area contributed by atoms with E-state index in [1.807, 2.05) is 30.3 Å². The van der Waals surface area contributed by atoms with Gasteiger partial charge < -0.3 is 4.74 Å². The molecule has 0 aliphatic heterocycles. The molecular formula is C24H29N3O5S. The first-order valence-corrected chi connectivity index (χ1v) is 12.4. The molecule has 3 rings (SSSR count). The molecule has 0 aliphatic rings. The van der Waals surface area contributed by atoms with Gasteiger partial charge in [-0.15, -0.1) is 0 Å². The van der Waals surface area contributed by atoms with Crippen molar-refractivity contribution in [2.75, 3.05) is 19.9 Å². The Morgan fingerprint density at radius 1 is 1.06 bits per heavy atom. The number of benzene rings is 2. The van der Waals surface area contributed by atoms with E-state index in [0.717, 1.165) is 28.5 Å². The van der Waals surface area contributed by atoms with Crippen LogP contribution in [-0.4, -0.2) is 37.9 Å². The molecule has 1 aromatic heterocycles. The number of H-pyrrole nitrogens is 1. The molecular weight excluding hydrogens is 442 g/mol. The van der Waals surface area contributed by atoms with Crippen molar-refractivity contribution in [3.63, 3.8) is 0 Å². The van der Waals surface area contributed by atoms with E-state index in [4.69, 9.17) is 4.74 Å². The molecule has 0 atom stereocenters. The Labute approximate surface area is 193 Å². The van der Waals surface area contributed by atoms with Gasteiger partial charge in [0, 0.05) is 24.4 Å². The number of hydrogen-bond acceptors (Lipinski definition) is 5. The highest BCUT2D eigenvalue weighted by molar-refractivity contribution is 7.88. The standard InChI is InChI=1S/C24H29N3O5S/c1-24(2,3)18-13-17(14-19(15-18)27-11-9-22(28)26-23(27)29)20-7-6-16(12-21(20)32-4)8-10-25-33(5,30)31/h6-7,9,11-15,25H,8,10H2,1-5H3,(H,26,28,29). The summed E-state index contributed by atoms with van der Waals surface area (Å²) >= 11 is 0. The summed E-state index contributed by atoms with van der Waals surface area (Å²) in [5.41, 5.74) is 3.09. The first-order valence-electron chi connectivity index (χ1n) is 10.5. The van der Waals surface area contributed by atoms with E-state index >= 15 is 0 Å². The average molecular weight is 472 g/mol. The summed E-state index contributed by atoms with van der Waals surface area (Å²) in [7, 11) is -1.67. The maximum absolute atomic E-state index is 12.4. The van der Waals surface area contributed by atoms with Crippen molar-refractivity contribution in [1.29, 1.82) is 0 Å². The Kier molecular flexibility index (Phi) is 6.94. The van der Waals surface area contributed by atoms with Crippen molar-refractivity contribution in [3.8, 4) is 22.6 Å². The van der Waals surface area contributed by atoms with E-state index in [0.29, 0.717) is 24.4 Å². The number of aromatic nitrogens is 2. The number of ether oxygens (including phenoxy) is 1. The van der Waals surface area contributed by atoms with Gasteiger partial charge in [-0.3, -0.25) is 14.3 Å². The third-order valence-corrected chi connectivity index (χ3v) is 5.97. The molecule has 176 valence electrons. The van der Waals surface area contributed by atoms with Gasteiger partial charge in [-0.25, -0.2) is 17.9 Å². The smallest absolute Gasteiger partial charge is 0.332 e. The number of aromatic amines is 1. The van der Waals surface area contributed by atoms with Crippen LogP contribution in [0, 0.1) is 0 Å². The number of sulfonamides is 1. The van der Waals surface area contributed by atoms with Gasteiger partial charge in [0.25, 0.3) is 5.56 Å². The fourth-order valence-corrected chi connectivity index (χ4v) is 3.94. The Hall–Kier alpha value is -3.17. The molecule has 0 saturated heterocycles. The van der Waals surface area contributed by atoms with Crippen LogP contribution in [-0.2, 0) is 21.9 Å².